The first-order valence-corrected chi connectivity index (χ1v) is 6.60. The zero-order valence-electron chi connectivity index (χ0n) is 9.97. The van der Waals surface area contributed by atoms with Crippen LogP contribution in [-0.4, -0.2) is 32.3 Å². The number of hydrogen-bond acceptors (Lipinski definition) is 5. The standard InChI is InChI=1S/C11H12FN5OS/c12-8-3-1-2-4-9(8)19-6-5-11(18)13-7-10-14-16-17-15-10/h1-4H,5-7H2,(H,13,18)(H,14,15,16,17). The fourth-order valence-electron chi connectivity index (χ4n) is 1.34. The zero-order chi connectivity index (χ0) is 13.5. The third kappa shape index (κ3) is 4.32. The Morgan fingerprint density at radius 2 is 2.26 bits per heavy atom. The van der Waals surface area contributed by atoms with Crippen LogP contribution in [0.15, 0.2) is 29.2 Å². The van der Waals surface area contributed by atoms with E-state index in [1.807, 2.05) is 0 Å². The highest BCUT2D eigenvalue weighted by atomic mass is 32.2. The summed E-state index contributed by atoms with van der Waals surface area (Å²) in [6.45, 7) is 0.236. The van der Waals surface area contributed by atoms with E-state index in [4.69, 9.17) is 0 Å². The fraction of sp³-hybridized carbons (Fsp3) is 0.273. The predicted molar refractivity (Wildman–Crippen MR) is 67.8 cm³/mol. The van der Waals surface area contributed by atoms with Crippen LogP contribution in [0.25, 0.3) is 0 Å². The Morgan fingerprint density at radius 3 is 3.00 bits per heavy atom. The Labute approximate surface area is 113 Å². The van der Waals surface area contributed by atoms with Crippen LogP contribution in [0.2, 0.25) is 0 Å². The summed E-state index contributed by atoms with van der Waals surface area (Å²) in [5.74, 6) is 0.544. The van der Waals surface area contributed by atoms with Crippen molar-refractivity contribution in [1.82, 2.24) is 25.9 Å². The third-order valence-corrected chi connectivity index (χ3v) is 3.31. The van der Waals surface area contributed by atoms with Crippen molar-refractivity contribution in [1.29, 1.82) is 0 Å². The van der Waals surface area contributed by atoms with Gasteiger partial charge in [-0.05, 0) is 12.1 Å². The van der Waals surface area contributed by atoms with Gasteiger partial charge < -0.3 is 5.32 Å². The first-order chi connectivity index (χ1) is 9.25. The van der Waals surface area contributed by atoms with Gasteiger partial charge in [0.1, 0.15) is 5.82 Å². The van der Waals surface area contributed by atoms with Crippen molar-refractivity contribution in [3.05, 3.63) is 35.9 Å². The second kappa shape index (κ2) is 6.83. The van der Waals surface area contributed by atoms with Crippen molar-refractivity contribution in [3.8, 4) is 0 Å². The van der Waals surface area contributed by atoms with E-state index in [-0.39, 0.29) is 18.3 Å². The normalized spacial score (nSPS) is 10.4. The van der Waals surface area contributed by atoms with E-state index in [0.29, 0.717) is 22.9 Å². The summed E-state index contributed by atoms with van der Waals surface area (Å²) in [5.41, 5.74) is 0. The molecule has 100 valence electrons. The van der Waals surface area contributed by atoms with Crippen molar-refractivity contribution in [3.63, 3.8) is 0 Å². The second-order valence-corrected chi connectivity index (χ2v) is 4.77. The maximum Gasteiger partial charge on any atom is 0.221 e. The summed E-state index contributed by atoms with van der Waals surface area (Å²) in [5, 5.41) is 15.8. The van der Waals surface area contributed by atoms with Gasteiger partial charge in [0.2, 0.25) is 5.91 Å². The lowest BCUT2D eigenvalue weighted by atomic mass is 10.3. The Kier molecular flexibility index (Phi) is 4.85. The molecular formula is C11H12FN5OS. The number of carbonyl (C=O) groups excluding carboxylic acids is 1. The fourth-order valence-corrected chi connectivity index (χ4v) is 2.23. The lowest BCUT2D eigenvalue weighted by Crippen LogP contribution is -2.23. The Morgan fingerprint density at radius 1 is 1.42 bits per heavy atom. The van der Waals surface area contributed by atoms with E-state index >= 15 is 0 Å². The lowest BCUT2D eigenvalue weighted by Gasteiger charge is -2.03. The molecule has 0 bridgehead atoms. The van der Waals surface area contributed by atoms with Crippen molar-refractivity contribution in [2.75, 3.05) is 5.75 Å². The number of tetrazole rings is 1. The van der Waals surface area contributed by atoms with Gasteiger partial charge in [-0.3, -0.25) is 4.79 Å². The molecule has 0 unspecified atom stereocenters. The summed E-state index contributed by atoms with van der Waals surface area (Å²) in [6, 6.07) is 6.49. The van der Waals surface area contributed by atoms with E-state index in [2.05, 4.69) is 25.9 Å². The van der Waals surface area contributed by atoms with Crippen LogP contribution in [0.5, 0.6) is 0 Å². The summed E-state index contributed by atoms with van der Waals surface area (Å²) in [6.07, 6.45) is 0.302. The van der Waals surface area contributed by atoms with Gasteiger partial charge in [-0.25, -0.2) is 4.39 Å². The number of aromatic amines is 1. The molecule has 0 radical (unpaired) electrons. The van der Waals surface area contributed by atoms with Crippen molar-refractivity contribution < 1.29 is 9.18 Å². The molecule has 2 rings (SSSR count). The summed E-state index contributed by atoms with van der Waals surface area (Å²) in [7, 11) is 0. The number of thioether (sulfide) groups is 1. The largest absolute Gasteiger partial charge is 0.349 e. The minimum Gasteiger partial charge on any atom is -0.349 e. The van der Waals surface area contributed by atoms with Crippen LogP contribution in [-0.2, 0) is 11.3 Å². The van der Waals surface area contributed by atoms with E-state index in [9.17, 15) is 9.18 Å². The number of hydrogen-bond donors (Lipinski definition) is 2. The topological polar surface area (TPSA) is 83.6 Å². The van der Waals surface area contributed by atoms with Gasteiger partial charge in [0.05, 0.1) is 6.54 Å². The van der Waals surface area contributed by atoms with Crippen molar-refractivity contribution in [2.45, 2.75) is 17.9 Å². The molecule has 0 aliphatic carbocycles. The van der Waals surface area contributed by atoms with E-state index in [1.54, 1.807) is 18.2 Å². The number of benzene rings is 1. The molecule has 2 N–H and O–H groups in total. The van der Waals surface area contributed by atoms with Crippen LogP contribution in [0, 0.1) is 5.82 Å². The summed E-state index contributed by atoms with van der Waals surface area (Å²) >= 11 is 1.31. The molecule has 0 atom stereocenters. The van der Waals surface area contributed by atoms with Crippen LogP contribution in [0.1, 0.15) is 12.2 Å². The monoisotopic (exact) mass is 281 g/mol. The minimum atomic E-state index is -0.264. The van der Waals surface area contributed by atoms with Crippen LogP contribution < -0.4 is 5.32 Å². The molecule has 0 aliphatic rings. The Hall–Kier alpha value is -1.96. The number of carbonyl (C=O) groups is 1. The molecule has 1 aromatic carbocycles. The molecule has 19 heavy (non-hydrogen) atoms. The highest BCUT2D eigenvalue weighted by molar-refractivity contribution is 7.99. The molecule has 8 heteroatoms. The van der Waals surface area contributed by atoms with E-state index in [1.165, 1.54) is 17.8 Å². The molecule has 1 amide bonds. The maximum atomic E-state index is 13.3. The van der Waals surface area contributed by atoms with Crippen LogP contribution >= 0.6 is 11.8 Å². The molecule has 1 aromatic heterocycles. The smallest absolute Gasteiger partial charge is 0.221 e. The Balaban J connectivity index is 1.68. The molecule has 6 nitrogen and oxygen atoms in total. The molecule has 0 saturated heterocycles. The molecule has 1 heterocycles. The van der Waals surface area contributed by atoms with Gasteiger partial charge in [0.25, 0.3) is 0 Å². The second-order valence-electron chi connectivity index (χ2n) is 3.63. The van der Waals surface area contributed by atoms with Crippen LogP contribution in [0.4, 0.5) is 4.39 Å². The van der Waals surface area contributed by atoms with Gasteiger partial charge in [-0.2, -0.15) is 5.21 Å². The number of nitrogens with zero attached hydrogens (tertiary/aromatic N) is 3. The summed E-state index contributed by atoms with van der Waals surface area (Å²) < 4.78 is 13.3. The van der Waals surface area contributed by atoms with Crippen molar-refractivity contribution >= 4 is 17.7 Å². The zero-order valence-corrected chi connectivity index (χ0v) is 10.8. The van der Waals surface area contributed by atoms with Crippen LogP contribution in [0.3, 0.4) is 0 Å². The Bertz CT molecular complexity index is 534. The highest BCUT2D eigenvalue weighted by Gasteiger charge is 2.06. The van der Waals surface area contributed by atoms with Gasteiger partial charge in [0.15, 0.2) is 5.82 Å². The highest BCUT2D eigenvalue weighted by Crippen LogP contribution is 2.21. The third-order valence-electron chi connectivity index (χ3n) is 2.26. The first-order valence-electron chi connectivity index (χ1n) is 5.62. The number of halogens is 1. The number of amides is 1. The average molecular weight is 281 g/mol. The number of nitrogens with one attached hydrogen (secondary N) is 2. The molecule has 0 spiro atoms. The predicted octanol–water partition coefficient (Wildman–Crippen LogP) is 1.14. The van der Waals surface area contributed by atoms with E-state index < -0.39 is 0 Å². The number of aromatic nitrogens is 4. The molecule has 0 saturated carbocycles. The molecule has 2 aromatic rings. The number of H-pyrrole nitrogens is 1. The first kappa shape index (κ1) is 13.5. The van der Waals surface area contributed by atoms with Gasteiger partial charge in [-0.1, -0.05) is 17.3 Å². The van der Waals surface area contributed by atoms with Gasteiger partial charge >= 0.3 is 0 Å². The molecular weight excluding hydrogens is 269 g/mol. The van der Waals surface area contributed by atoms with Crippen molar-refractivity contribution in [2.24, 2.45) is 0 Å². The lowest BCUT2D eigenvalue weighted by molar-refractivity contribution is -0.120. The quantitative estimate of drug-likeness (QED) is 0.776. The maximum absolute atomic E-state index is 13.3. The van der Waals surface area contributed by atoms with E-state index in [0.717, 1.165) is 0 Å². The molecule has 0 fully saturated rings. The SMILES string of the molecule is O=C(CCSc1ccccc1F)NCc1nn[nH]n1. The molecule has 0 aliphatic heterocycles. The number of rotatable bonds is 6. The minimum absolute atomic E-state index is 0.131. The van der Waals surface area contributed by atoms with Gasteiger partial charge in [-0.15, -0.1) is 22.0 Å². The average Bonchev–Trinajstić information content (AvgIpc) is 2.92. The van der Waals surface area contributed by atoms with Gasteiger partial charge in [0, 0.05) is 17.1 Å². The summed E-state index contributed by atoms with van der Waals surface area (Å²) in [4.78, 5) is 12.1.